The molecule has 2 atom stereocenters. The number of nitrogens with zero attached hydrogens (tertiary/aromatic N) is 2. The number of carbonyl (C=O) groups is 2. The molecule has 2 heterocycles. The molecule has 0 saturated carbocycles. The van der Waals surface area contributed by atoms with Crippen molar-refractivity contribution < 1.29 is 19.2 Å². The van der Waals surface area contributed by atoms with Crippen LogP contribution in [0.4, 0.5) is 5.69 Å². The van der Waals surface area contributed by atoms with Crippen LogP contribution in [0.3, 0.4) is 0 Å². The van der Waals surface area contributed by atoms with Crippen molar-refractivity contribution in [3.8, 4) is 0 Å². The first-order chi connectivity index (χ1) is 13.9. The van der Waals surface area contributed by atoms with E-state index in [0.29, 0.717) is 12.0 Å². The summed E-state index contributed by atoms with van der Waals surface area (Å²) in [6.45, 7) is 1.38. The maximum Gasteiger partial charge on any atom is 0.328 e. The summed E-state index contributed by atoms with van der Waals surface area (Å²) in [5.74, 6) is -0.840. The number of nitro groups is 1. The van der Waals surface area contributed by atoms with Crippen molar-refractivity contribution in [2.24, 2.45) is 0 Å². The van der Waals surface area contributed by atoms with Gasteiger partial charge in [-0.2, -0.15) is 0 Å². The van der Waals surface area contributed by atoms with Crippen LogP contribution in [0.5, 0.6) is 0 Å². The van der Waals surface area contributed by atoms with Crippen LogP contribution in [-0.2, 0) is 20.7 Å². The van der Waals surface area contributed by atoms with Crippen molar-refractivity contribution in [1.82, 2.24) is 9.88 Å². The van der Waals surface area contributed by atoms with Crippen LogP contribution >= 0.6 is 0 Å². The number of ether oxygens (including phenoxy) is 1. The Balaban J connectivity index is 1.99. The molecule has 4 rings (SSSR count). The van der Waals surface area contributed by atoms with E-state index in [0.717, 1.165) is 22.2 Å². The van der Waals surface area contributed by atoms with Crippen molar-refractivity contribution in [1.29, 1.82) is 0 Å². The Morgan fingerprint density at radius 3 is 2.66 bits per heavy atom. The van der Waals surface area contributed by atoms with Gasteiger partial charge in [-0.15, -0.1) is 0 Å². The zero-order valence-electron chi connectivity index (χ0n) is 15.9. The lowest BCUT2D eigenvalue weighted by molar-refractivity contribution is -0.384. The van der Waals surface area contributed by atoms with Crippen molar-refractivity contribution in [3.05, 3.63) is 75.5 Å². The van der Waals surface area contributed by atoms with E-state index in [-0.39, 0.29) is 11.6 Å². The molecule has 1 aliphatic heterocycles. The molecule has 29 heavy (non-hydrogen) atoms. The fraction of sp³-hybridized carbons (Fsp3) is 0.238. The largest absolute Gasteiger partial charge is 0.467 e. The number of methoxy groups -OCH3 is 1. The summed E-state index contributed by atoms with van der Waals surface area (Å²) in [4.78, 5) is 40.8. The third-order valence-corrected chi connectivity index (χ3v) is 5.37. The lowest BCUT2D eigenvalue weighted by atomic mass is 9.87. The molecule has 2 aromatic carbocycles. The number of benzene rings is 2. The average molecular weight is 393 g/mol. The van der Waals surface area contributed by atoms with E-state index >= 15 is 0 Å². The minimum atomic E-state index is -0.825. The van der Waals surface area contributed by atoms with Gasteiger partial charge in [0, 0.05) is 42.1 Å². The SMILES string of the molecule is COC(=O)[C@H]1Cc2c([nH]c3ccccc23)[C@H](c2cccc([N+](=O)[O-])c2)N1C(C)=O. The van der Waals surface area contributed by atoms with Gasteiger partial charge < -0.3 is 14.6 Å². The third-order valence-electron chi connectivity index (χ3n) is 5.37. The normalized spacial score (nSPS) is 18.3. The number of nitrogens with one attached hydrogen (secondary N) is 1. The van der Waals surface area contributed by atoms with Crippen LogP contribution in [0.2, 0.25) is 0 Å². The number of aromatic nitrogens is 1. The zero-order chi connectivity index (χ0) is 20.7. The number of esters is 1. The fourth-order valence-electron chi connectivity index (χ4n) is 4.15. The van der Waals surface area contributed by atoms with E-state index in [1.54, 1.807) is 12.1 Å². The molecule has 3 aromatic rings. The zero-order valence-corrected chi connectivity index (χ0v) is 15.9. The number of amides is 1. The van der Waals surface area contributed by atoms with Crippen LogP contribution in [0, 0.1) is 10.1 Å². The number of fused-ring (bicyclic) bond motifs is 3. The Bertz CT molecular complexity index is 1140. The topological polar surface area (TPSA) is 106 Å². The Hall–Kier alpha value is -3.68. The van der Waals surface area contributed by atoms with Crippen LogP contribution in [-0.4, -0.2) is 39.8 Å². The second-order valence-electron chi connectivity index (χ2n) is 6.99. The highest BCUT2D eigenvalue weighted by Crippen LogP contribution is 2.41. The van der Waals surface area contributed by atoms with E-state index in [1.807, 2.05) is 24.3 Å². The Kier molecular flexibility index (Phi) is 4.54. The smallest absolute Gasteiger partial charge is 0.328 e. The molecular weight excluding hydrogens is 374 g/mol. The second-order valence-corrected chi connectivity index (χ2v) is 6.99. The van der Waals surface area contributed by atoms with E-state index in [9.17, 15) is 19.7 Å². The van der Waals surface area contributed by atoms with Gasteiger partial charge in [-0.1, -0.05) is 30.3 Å². The van der Waals surface area contributed by atoms with Gasteiger partial charge in [-0.25, -0.2) is 4.79 Å². The number of hydrogen-bond acceptors (Lipinski definition) is 5. The molecule has 8 nitrogen and oxygen atoms in total. The lowest BCUT2D eigenvalue weighted by Crippen LogP contribution is -2.51. The quantitative estimate of drug-likeness (QED) is 0.418. The van der Waals surface area contributed by atoms with Gasteiger partial charge in [-0.3, -0.25) is 14.9 Å². The molecule has 0 radical (unpaired) electrons. The molecule has 1 N–H and O–H groups in total. The number of nitro benzene ring substituents is 1. The number of carbonyl (C=O) groups excluding carboxylic acids is 2. The van der Waals surface area contributed by atoms with Crippen molar-refractivity contribution >= 4 is 28.5 Å². The number of non-ortho nitro benzene ring substituents is 1. The average Bonchev–Trinajstić information content (AvgIpc) is 3.10. The number of H-pyrrole nitrogens is 1. The first-order valence-corrected chi connectivity index (χ1v) is 9.13. The van der Waals surface area contributed by atoms with Crippen LogP contribution in [0.15, 0.2) is 48.5 Å². The van der Waals surface area contributed by atoms with E-state index in [1.165, 1.54) is 31.1 Å². The summed E-state index contributed by atoms with van der Waals surface area (Å²) in [7, 11) is 1.29. The molecule has 0 aliphatic carbocycles. The predicted molar refractivity (Wildman–Crippen MR) is 105 cm³/mol. The molecule has 1 amide bonds. The summed E-state index contributed by atoms with van der Waals surface area (Å²) < 4.78 is 4.97. The number of para-hydroxylation sites is 1. The molecule has 0 unspecified atom stereocenters. The van der Waals surface area contributed by atoms with Gasteiger partial charge >= 0.3 is 5.97 Å². The summed E-state index contributed by atoms with van der Waals surface area (Å²) >= 11 is 0. The first kappa shape index (κ1) is 18.7. The summed E-state index contributed by atoms with van der Waals surface area (Å²) in [5.41, 5.74) is 3.01. The van der Waals surface area contributed by atoms with Crippen molar-refractivity contribution in [3.63, 3.8) is 0 Å². The maximum absolute atomic E-state index is 12.6. The Labute approximate surface area is 166 Å². The van der Waals surface area contributed by atoms with Gasteiger partial charge in [0.2, 0.25) is 5.91 Å². The summed E-state index contributed by atoms with van der Waals surface area (Å²) in [5, 5.41) is 12.3. The molecule has 148 valence electrons. The highest BCUT2D eigenvalue weighted by Gasteiger charge is 2.43. The van der Waals surface area contributed by atoms with Crippen LogP contribution in [0.25, 0.3) is 10.9 Å². The van der Waals surface area contributed by atoms with E-state index in [4.69, 9.17) is 4.74 Å². The predicted octanol–water partition coefficient (Wildman–Crippen LogP) is 3.11. The lowest BCUT2D eigenvalue weighted by Gasteiger charge is -2.40. The van der Waals surface area contributed by atoms with E-state index < -0.39 is 23.0 Å². The van der Waals surface area contributed by atoms with Gasteiger partial charge in [0.25, 0.3) is 5.69 Å². The molecule has 1 aromatic heterocycles. The van der Waals surface area contributed by atoms with Crippen LogP contribution in [0.1, 0.15) is 29.8 Å². The fourth-order valence-corrected chi connectivity index (χ4v) is 4.15. The Morgan fingerprint density at radius 2 is 1.97 bits per heavy atom. The van der Waals surface area contributed by atoms with Gasteiger partial charge in [0.1, 0.15) is 6.04 Å². The summed E-state index contributed by atoms with van der Waals surface area (Å²) in [6.07, 6.45) is 0.303. The summed E-state index contributed by atoms with van der Waals surface area (Å²) in [6, 6.07) is 12.3. The number of hydrogen-bond donors (Lipinski definition) is 1. The standard InChI is InChI=1S/C21H19N3O5/c1-12(25)23-18(21(26)29-2)11-16-15-8-3-4-9-17(15)22-19(16)20(23)13-6-5-7-14(10-13)24(27)28/h3-10,18,20,22H,11H2,1-2H3/t18-,20+/m1/s1. The second kappa shape index (κ2) is 7.05. The maximum atomic E-state index is 12.6. The molecule has 1 aliphatic rings. The van der Waals surface area contributed by atoms with Gasteiger partial charge in [0.15, 0.2) is 0 Å². The highest BCUT2D eigenvalue weighted by molar-refractivity contribution is 5.90. The van der Waals surface area contributed by atoms with Crippen molar-refractivity contribution in [2.45, 2.75) is 25.4 Å². The minimum Gasteiger partial charge on any atom is -0.467 e. The monoisotopic (exact) mass is 393 g/mol. The van der Waals surface area contributed by atoms with Crippen molar-refractivity contribution in [2.75, 3.05) is 7.11 Å². The number of aromatic amines is 1. The molecule has 0 spiro atoms. The first-order valence-electron chi connectivity index (χ1n) is 9.13. The van der Waals surface area contributed by atoms with Crippen LogP contribution < -0.4 is 0 Å². The number of rotatable bonds is 3. The molecule has 0 fully saturated rings. The minimum absolute atomic E-state index is 0.0798. The van der Waals surface area contributed by atoms with Gasteiger partial charge in [-0.05, 0) is 17.2 Å². The molecule has 0 bridgehead atoms. The highest BCUT2D eigenvalue weighted by atomic mass is 16.6. The molecule has 0 saturated heterocycles. The van der Waals surface area contributed by atoms with E-state index in [2.05, 4.69) is 4.98 Å². The Morgan fingerprint density at radius 1 is 1.21 bits per heavy atom. The third kappa shape index (κ3) is 3.02. The molecule has 8 heteroatoms. The molecular formula is C21H19N3O5. The van der Waals surface area contributed by atoms with Gasteiger partial charge in [0.05, 0.1) is 18.1 Å².